The lowest BCUT2D eigenvalue weighted by Crippen LogP contribution is -2.49. The van der Waals surface area contributed by atoms with Crippen molar-refractivity contribution in [3.63, 3.8) is 0 Å². The van der Waals surface area contributed by atoms with Gasteiger partial charge in [-0.25, -0.2) is 14.4 Å². The van der Waals surface area contributed by atoms with Crippen molar-refractivity contribution in [1.82, 2.24) is 0 Å². The molecule has 0 aliphatic carbocycles. The molecule has 0 saturated heterocycles. The summed E-state index contributed by atoms with van der Waals surface area (Å²) in [5.41, 5.74) is -5.75. The van der Waals surface area contributed by atoms with Crippen LogP contribution in [-0.4, -0.2) is 54.6 Å². The number of hydrogen-bond acceptors (Lipinski definition) is 5. The Kier molecular flexibility index (Phi) is 6.44. The van der Waals surface area contributed by atoms with Crippen LogP contribution in [0.1, 0.15) is 27.7 Å². The molecule has 0 aromatic heterocycles. The second-order valence-electron chi connectivity index (χ2n) is 5.37. The zero-order chi connectivity index (χ0) is 18.6. The van der Waals surface area contributed by atoms with Crippen LogP contribution in [0.15, 0.2) is 34.9 Å². The largest absolute Gasteiger partial charge is 0.478 e. The van der Waals surface area contributed by atoms with Gasteiger partial charge < -0.3 is 25.5 Å². The molecule has 0 aliphatic rings. The molecule has 0 amide bonds. The Balaban J connectivity index is 6.37. The third-order valence-electron chi connectivity index (χ3n) is 3.19. The van der Waals surface area contributed by atoms with E-state index in [1.807, 2.05) is 0 Å². The van der Waals surface area contributed by atoms with E-state index in [1.54, 1.807) is 0 Å². The van der Waals surface area contributed by atoms with E-state index in [4.69, 9.17) is 15.3 Å². The van der Waals surface area contributed by atoms with Gasteiger partial charge in [-0.3, -0.25) is 0 Å². The molecule has 0 rings (SSSR count). The smallest absolute Gasteiger partial charge is 0.331 e. The van der Waals surface area contributed by atoms with Gasteiger partial charge in [0.1, 0.15) is 11.2 Å². The number of carbonyl (C=O) groups is 3. The van der Waals surface area contributed by atoms with Crippen molar-refractivity contribution in [2.45, 2.75) is 38.9 Å². The van der Waals surface area contributed by atoms with Crippen molar-refractivity contribution in [3.05, 3.63) is 34.9 Å². The summed E-state index contributed by atoms with van der Waals surface area (Å²) in [7, 11) is 0. The standard InChI is InChI=1S/C15H20O8/c1-8(11(16)17)5-14(4,22)15(23,6-9(2)12(18)19)7-10(3)13(20)21/h5-7,22-23H,1-4H3,(H,16,17)(H,18,19)(H,20,21). The monoisotopic (exact) mass is 328 g/mol. The number of aliphatic hydroxyl groups is 2. The van der Waals surface area contributed by atoms with Gasteiger partial charge >= 0.3 is 17.9 Å². The molecule has 0 aromatic rings. The average molecular weight is 328 g/mol. The maximum Gasteiger partial charge on any atom is 0.331 e. The van der Waals surface area contributed by atoms with Crippen molar-refractivity contribution >= 4 is 17.9 Å². The Hall–Kier alpha value is -2.45. The summed E-state index contributed by atoms with van der Waals surface area (Å²) in [5.74, 6) is -4.13. The molecule has 0 radical (unpaired) electrons. The lowest BCUT2D eigenvalue weighted by Gasteiger charge is -2.36. The molecule has 1 atom stereocenters. The fraction of sp³-hybridized carbons (Fsp3) is 0.400. The first-order valence-electron chi connectivity index (χ1n) is 6.46. The number of hydrogen-bond donors (Lipinski definition) is 5. The normalized spacial score (nSPS) is 18.8. The quantitative estimate of drug-likeness (QED) is 0.425. The van der Waals surface area contributed by atoms with Crippen LogP contribution in [0.4, 0.5) is 0 Å². The molecule has 0 fully saturated rings. The molecule has 128 valence electrons. The van der Waals surface area contributed by atoms with Crippen LogP contribution >= 0.6 is 0 Å². The first-order valence-corrected chi connectivity index (χ1v) is 6.46. The molecule has 23 heavy (non-hydrogen) atoms. The molecule has 5 N–H and O–H groups in total. The second kappa shape index (κ2) is 7.21. The summed E-state index contributed by atoms with van der Waals surface area (Å²) >= 11 is 0. The third-order valence-corrected chi connectivity index (χ3v) is 3.19. The highest BCUT2D eigenvalue weighted by Crippen LogP contribution is 2.30. The van der Waals surface area contributed by atoms with Crippen LogP contribution in [0, 0.1) is 0 Å². The molecule has 1 unspecified atom stereocenters. The van der Waals surface area contributed by atoms with Crippen molar-refractivity contribution in [1.29, 1.82) is 0 Å². The Morgan fingerprint density at radius 2 is 0.957 bits per heavy atom. The van der Waals surface area contributed by atoms with Gasteiger partial charge in [-0.2, -0.15) is 0 Å². The van der Waals surface area contributed by atoms with Gasteiger partial charge in [-0.1, -0.05) is 0 Å². The molecule has 8 heteroatoms. The Labute approximate surface area is 132 Å². The zero-order valence-electron chi connectivity index (χ0n) is 13.2. The highest BCUT2D eigenvalue weighted by molar-refractivity contribution is 5.88. The first-order chi connectivity index (χ1) is 10.2. The zero-order valence-corrected chi connectivity index (χ0v) is 13.2. The number of carboxylic acids is 3. The summed E-state index contributed by atoms with van der Waals surface area (Å²) in [6.45, 7) is 4.48. The van der Waals surface area contributed by atoms with Crippen molar-refractivity contribution < 1.29 is 39.9 Å². The average Bonchev–Trinajstić information content (AvgIpc) is 2.37. The summed E-state index contributed by atoms with van der Waals surface area (Å²) < 4.78 is 0. The number of carboxylic acid groups (broad SMARTS) is 3. The molecular weight excluding hydrogens is 308 g/mol. The number of aliphatic carboxylic acids is 3. The minimum Gasteiger partial charge on any atom is -0.478 e. The van der Waals surface area contributed by atoms with Crippen molar-refractivity contribution in [3.8, 4) is 0 Å². The Morgan fingerprint density at radius 3 is 1.22 bits per heavy atom. The van der Waals surface area contributed by atoms with Gasteiger partial charge in [0.2, 0.25) is 0 Å². The maximum atomic E-state index is 10.9. The van der Waals surface area contributed by atoms with E-state index < -0.39 is 29.1 Å². The molecule has 0 aliphatic heterocycles. The SMILES string of the molecule is CC(=CC(C)(O)C(O)(C=C(C)C(=O)O)C=C(C)C(=O)O)C(=O)O. The fourth-order valence-electron chi connectivity index (χ4n) is 1.72. The van der Waals surface area contributed by atoms with Crippen LogP contribution in [0.5, 0.6) is 0 Å². The molecule has 0 bridgehead atoms. The van der Waals surface area contributed by atoms with Crippen LogP contribution in [-0.2, 0) is 14.4 Å². The minimum atomic E-state index is -2.45. The minimum absolute atomic E-state index is 0.309. The predicted octanol–water partition coefficient (Wildman–Crippen LogP) is 0.561. The highest BCUT2D eigenvalue weighted by Gasteiger charge is 2.42. The van der Waals surface area contributed by atoms with Gasteiger partial charge in [0.15, 0.2) is 0 Å². The number of rotatable bonds is 7. The fourth-order valence-corrected chi connectivity index (χ4v) is 1.72. The van der Waals surface area contributed by atoms with Gasteiger partial charge in [0, 0.05) is 16.7 Å². The molecule has 8 nitrogen and oxygen atoms in total. The molecule has 0 saturated carbocycles. The first kappa shape index (κ1) is 20.6. The summed E-state index contributed by atoms with van der Waals surface area (Å²) in [5, 5.41) is 47.8. The highest BCUT2D eigenvalue weighted by atomic mass is 16.4. The van der Waals surface area contributed by atoms with Gasteiger partial charge in [-0.15, -0.1) is 0 Å². The van der Waals surface area contributed by atoms with Crippen molar-refractivity contribution in [2.75, 3.05) is 0 Å². The Bertz CT molecular complexity index is 577. The lowest BCUT2D eigenvalue weighted by atomic mass is 9.80. The van der Waals surface area contributed by atoms with Crippen LogP contribution in [0.3, 0.4) is 0 Å². The summed E-state index contributed by atoms with van der Waals surface area (Å²) in [6.07, 6.45) is 2.33. The van der Waals surface area contributed by atoms with E-state index >= 15 is 0 Å². The van der Waals surface area contributed by atoms with E-state index in [1.165, 1.54) is 6.92 Å². The van der Waals surface area contributed by atoms with Gasteiger partial charge in [-0.05, 0) is 45.9 Å². The summed E-state index contributed by atoms with van der Waals surface area (Å²) in [4.78, 5) is 32.8. The van der Waals surface area contributed by atoms with E-state index in [-0.39, 0.29) is 16.7 Å². The van der Waals surface area contributed by atoms with E-state index in [9.17, 15) is 24.6 Å². The lowest BCUT2D eigenvalue weighted by molar-refractivity contribution is -0.134. The van der Waals surface area contributed by atoms with Crippen molar-refractivity contribution in [2.24, 2.45) is 0 Å². The summed E-state index contributed by atoms with van der Waals surface area (Å²) in [6, 6.07) is 0. The molecule has 0 aromatic carbocycles. The van der Waals surface area contributed by atoms with Gasteiger partial charge in [0.05, 0.1) is 0 Å². The third kappa shape index (κ3) is 5.35. The van der Waals surface area contributed by atoms with Crippen LogP contribution in [0.2, 0.25) is 0 Å². The van der Waals surface area contributed by atoms with E-state index in [0.29, 0.717) is 0 Å². The maximum absolute atomic E-state index is 10.9. The topological polar surface area (TPSA) is 152 Å². The van der Waals surface area contributed by atoms with Crippen LogP contribution in [0.25, 0.3) is 0 Å². The predicted molar refractivity (Wildman–Crippen MR) is 79.8 cm³/mol. The molecule has 0 heterocycles. The Morgan fingerprint density at radius 1 is 0.696 bits per heavy atom. The molecular formula is C15H20O8. The van der Waals surface area contributed by atoms with Gasteiger partial charge in [0.25, 0.3) is 0 Å². The molecule has 0 spiro atoms. The second-order valence-corrected chi connectivity index (χ2v) is 5.37. The van der Waals surface area contributed by atoms with Crippen LogP contribution < -0.4 is 0 Å². The van der Waals surface area contributed by atoms with E-state index in [2.05, 4.69) is 0 Å². The van der Waals surface area contributed by atoms with E-state index in [0.717, 1.165) is 39.0 Å².